The van der Waals surface area contributed by atoms with Crippen LogP contribution in [-0.4, -0.2) is 22.0 Å². The molecule has 1 aromatic carbocycles. The number of nitro benzene ring substituents is 1. The smallest absolute Gasteiger partial charge is 0.273 e. The van der Waals surface area contributed by atoms with Crippen molar-refractivity contribution in [2.75, 3.05) is 0 Å². The first-order chi connectivity index (χ1) is 12.1. The van der Waals surface area contributed by atoms with Gasteiger partial charge in [0.1, 0.15) is 0 Å². The summed E-state index contributed by atoms with van der Waals surface area (Å²) in [4.78, 5) is 28.1. The average Bonchev–Trinajstić information content (AvgIpc) is 2.94. The standard InChI is InChI=1S/C18H21N3O3S/c1-2-13-9-8-12(10-15(13)21(23)24)11-16-17(22)20-18(25-16)19-14-6-4-3-5-7-14/h8-11,14H,2-7H2,1H3,(H,19,20,22)/b16-11+. The predicted molar refractivity (Wildman–Crippen MR) is 100 cm³/mol. The van der Waals surface area contributed by atoms with E-state index in [2.05, 4.69) is 10.3 Å². The summed E-state index contributed by atoms with van der Waals surface area (Å²) in [7, 11) is 0. The summed E-state index contributed by atoms with van der Waals surface area (Å²) in [5, 5.41) is 14.6. The van der Waals surface area contributed by atoms with Gasteiger partial charge in [0.15, 0.2) is 5.17 Å². The van der Waals surface area contributed by atoms with Gasteiger partial charge in [-0.25, -0.2) is 0 Å². The molecule has 7 heteroatoms. The number of carbonyl (C=O) groups is 1. The number of rotatable bonds is 4. The summed E-state index contributed by atoms with van der Waals surface area (Å²) < 4.78 is 0. The van der Waals surface area contributed by atoms with E-state index in [0.29, 0.717) is 33.7 Å². The fourth-order valence-corrected chi connectivity index (χ4v) is 4.05. The molecule has 2 fully saturated rings. The van der Waals surface area contributed by atoms with Crippen LogP contribution in [-0.2, 0) is 11.2 Å². The molecule has 3 rings (SSSR count). The Labute approximate surface area is 150 Å². The van der Waals surface area contributed by atoms with Crippen molar-refractivity contribution in [2.24, 2.45) is 4.99 Å². The van der Waals surface area contributed by atoms with Crippen LogP contribution >= 0.6 is 11.8 Å². The van der Waals surface area contributed by atoms with Crippen LogP contribution < -0.4 is 5.32 Å². The van der Waals surface area contributed by atoms with Crippen molar-refractivity contribution in [1.29, 1.82) is 0 Å². The van der Waals surface area contributed by atoms with Gasteiger partial charge in [-0.15, -0.1) is 0 Å². The minimum atomic E-state index is -0.376. The molecule has 25 heavy (non-hydrogen) atoms. The SMILES string of the molecule is CCc1ccc(/C=C2/SC(=NC3CCCCC3)NC2=O)cc1[N+](=O)[O-]. The van der Waals surface area contributed by atoms with Gasteiger partial charge in [0.2, 0.25) is 0 Å². The molecule has 1 N–H and O–H groups in total. The van der Waals surface area contributed by atoms with Crippen molar-refractivity contribution in [3.8, 4) is 0 Å². The fourth-order valence-electron chi connectivity index (χ4n) is 3.16. The Hall–Kier alpha value is -2.15. The minimum absolute atomic E-state index is 0.0938. The molecule has 1 aliphatic carbocycles. The van der Waals surface area contributed by atoms with E-state index >= 15 is 0 Å². The number of amidine groups is 1. The summed E-state index contributed by atoms with van der Waals surface area (Å²) in [6.07, 6.45) is 8.08. The number of carbonyl (C=O) groups excluding carboxylic acids is 1. The lowest BCUT2D eigenvalue weighted by Crippen LogP contribution is -2.22. The Morgan fingerprint density at radius 2 is 2.12 bits per heavy atom. The highest BCUT2D eigenvalue weighted by molar-refractivity contribution is 8.18. The van der Waals surface area contributed by atoms with Crippen LogP contribution in [0.15, 0.2) is 28.1 Å². The van der Waals surface area contributed by atoms with Crippen molar-refractivity contribution in [1.82, 2.24) is 5.32 Å². The zero-order chi connectivity index (χ0) is 17.8. The van der Waals surface area contributed by atoms with Gasteiger partial charge in [0.25, 0.3) is 11.6 Å². The highest BCUT2D eigenvalue weighted by atomic mass is 32.2. The highest BCUT2D eigenvalue weighted by Gasteiger charge is 2.25. The van der Waals surface area contributed by atoms with Gasteiger partial charge in [0, 0.05) is 11.6 Å². The Balaban J connectivity index is 1.79. The molecule has 2 aliphatic rings. The first kappa shape index (κ1) is 17.7. The number of aliphatic imine (C=N–C) groups is 1. The van der Waals surface area contributed by atoms with Crippen LogP contribution in [0, 0.1) is 10.1 Å². The molecule has 1 heterocycles. The van der Waals surface area contributed by atoms with Gasteiger partial charge in [-0.1, -0.05) is 38.3 Å². The third kappa shape index (κ3) is 4.28. The average molecular weight is 359 g/mol. The molecule has 0 unspecified atom stereocenters. The second kappa shape index (κ2) is 7.82. The zero-order valence-corrected chi connectivity index (χ0v) is 15.0. The second-order valence-corrected chi connectivity index (χ2v) is 7.32. The largest absolute Gasteiger partial charge is 0.301 e. The number of aryl methyl sites for hydroxylation is 1. The van der Waals surface area contributed by atoms with Crippen LogP contribution in [0.5, 0.6) is 0 Å². The van der Waals surface area contributed by atoms with Crippen molar-refractivity contribution in [2.45, 2.75) is 51.5 Å². The second-order valence-electron chi connectivity index (χ2n) is 6.29. The van der Waals surface area contributed by atoms with Gasteiger partial charge in [-0.05, 0) is 42.7 Å². The van der Waals surface area contributed by atoms with E-state index < -0.39 is 0 Å². The number of benzene rings is 1. The minimum Gasteiger partial charge on any atom is -0.301 e. The van der Waals surface area contributed by atoms with E-state index in [-0.39, 0.29) is 16.5 Å². The highest BCUT2D eigenvalue weighted by Crippen LogP contribution is 2.30. The molecule has 0 radical (unpaired) electrons. The number of hydrogen-bond donors (Lipinski definition) is 1. The maximum absolute atomic E-state index is 12.2. The summed E-state index contributed by atoms with van der Waals surface area (Å²) in [5.41, 5.74) is 1.44. The van der Waals surface area contributed by atoms with Gasteiger partial charge in [-0.3, -0.25) is 19.9 Å². The molecule has 1 aromatic rings. The lowest BCUT2D eigenvalue weighted by atomic mass is 9.96. The summed E-state index contributed by atoms with van der Waals surface area (Å²) in [6.45, 7) is 1.88. The van der Waals surface area contributed by atoms with Gasteiger partial charge in [0.05, 0.1) is 15.9 Å². The number of nitrogens with zero attached hydrogens (tertiary/aromatic N) is 2. The zero-order valence-electron chi connectivity index (χ0n) is 14.2. The first-order valence-electron chi connectivity index (χ1n) is 8.63. The van der Waals surface area contributed by atoms with Gasteiger partial charge >= 0.3 is 0 Å². The number of amides is 1. The maximum Gasteiger partial charge on any atom is 0.273 e. The Morgan fingerprint density at radius 3 is 2.80 bits per heavy atom. The van der Waals surface area contributed by atoms with Crippen LogP contribution in [0.2, 0.25) is 0 Å². The number of nitro groups is 1. The lowest BCUT2D eigenvalue weighted by Gasteiger charge is -2.17. The molecular weight excluding hydrogens is 338 g/mol. The Morgan fingerprint density at radius 1 is 1.36 bits per heavy atom. The van der Waals surface area contributed by atoms with Crippen LogP contribution in [0.4, 0.5) is 5.69 Å². The molecule has 1 saturated heterocycles. The van der Waals surface area contributed by atoms with Crippen molar-refractivity contribution >= 4 is 34.6 Å². The molecule has 0 aromatic heterocycles. The normalized spacial score (nSPS) is 21.7. The van der Waals surface area contributed by atoms with Gasteiger partial charge < -0.3 is 5.32 Å². The quantitative estimate of drug-likeness (QED) is 0.499. The Kier molecular flexibility index (Phi) is 5.53. The number of thioether (sulfide) groups is 1. The number of hydrogen-bond acceptors (Lipinski definition) is 5. The van der Waals surface area contributed by atoms with E-state index in [0.717, 1.165) is 12.8 Å². The first-order valence-corrected chi connectivity index (χ1v) is 9.44. The molecule has 1 amide bonds. The molecular formula is C18H21N3O3S. The van der Waals surface area contributed by atoms with E-state index in [1.165, 1.54) is 37.1 Å². The molecule has 0 atom stereocenters. The van der Waals surface area contributed by atoms with E-state index in [1.54, 1.807) is 12.1 Å². The molecule has 0 bridgehead atoms. The van der Waals surface area contributed by atoms with Crippen LogP contribution in [0.25, 0.3) is 6.08 Å². The van der Waals surface area contributed by atoms with E-state index in [4.69, 9.17) is 0 Å². The maximum atomic E-state index is 12.2. The van der Waals surface area contributed by atoms with Crippen LogP contribution in [0.1, 0.15) is 50.2 Å². The summed E-state index contributed by atoms with van der Waals surface area (Å²) in [5.74, 6) is -0.193. The number of nitrogens with one attached hydrogen (secondary N) is 1. The van der Waals surface area contributed by atoms with Crippen molar-refractivity contribution in [3.05, 3.63) is 44.3 Å². The summed E-state index contributed by atoms with van der Waals surface area (Å²) in [6, 6.07) is 5.37. The van der Waals surface area contributed by atoms with E-state index in [9.17, 15) is 14.9 Å². The summed E-state index contributed by atoms with van der Waals surface area (Å²) >= 11 is 1.31. The molecule has 132 valence electrons. The fraction of sp³-hybridized carbons (Fsp3) is 0.444. The molecule has 1 saturated carbocycles. The lowest BCUT2D eigenvalue weighted by molar-refractivity contribution is -0.385. The van der Waals surface area contributed by atoms with Crippen molar-refractivity contribution in [3.63, 3.8) is 0 Å². The van der Waals surface area contributed by atoms with Gasteiger partial charge in [-0.2, -0.15) is 0 Å². The third-order valence-electron chi connectivity index (χ3n) is 4.51. The predicted octanol–water partition coefficient (Wildman–Crippen LogP) is 4.05. The third-order valence-corrected chi connectivity index (χ3v) is 5.43. The monoisotopic (exact) mass is 359 g/mol. The topological polar surface area (TPSA) is 84.6 Å². The van der Waals surface area contributed by atoms with E-state index in [1.807, 2.05) is 13.0 Å². The van der Waals surface area contributed by atoms with Crippen LogP contribution in [0.3, 0.4) is 0 Å². The Bertz CT molecular complexity index is 752. The molecule has 0 spiro atoms. The van der Waals surface area contributed by atoms with Crippen molar-refractivity contribution < 1.29 is 9.72 Å². The molecule has 6 nitrogen and oxygen atoms in total. The molecule has 1 aliphatic heterocycles.